The van der Waals surface area contributed by atoms with Crippen LogP contribution in [0.15, 0.2) is 24.3 Å². The van der Waals surface area contributed by atoms with E-state index in [1.54, 1.807) is 12.0 Å². The van der Waals surface area contributed by atoms with Gasteiger partial charge in [-0.25, -0.2) is 0 Å². The maximum absolute atomic E-state index is 12.0. The Morgan fingerprint density at radius 1 is 1.42 bits per heavy atom. The van der Waals surface area contributed by atoms with E-state index in [0.717, 1.165) is 30.8 Å². The SMILES string of the molecule is COc1cccc(CCN(CC(=O)NCC2CCCO2)C(C)=O)c1. The van der Waals surface area contributed by atoms with Gasteiger partial charge in [-0.15, -0.1) is 0 Å². The number of hydrogen-bond donors (Lipinski definition) is 1. The van der Waals surface area contributed by atoms with Crippen molar-refractivity contribution in [3.05, 3.63) is 29.8 Å². The Kier molecular flexibility index (Phi) is 7.06. The van der Waals surface area contributed by atoms with Crippen molar-refractivity contribution in [2.24, 2.45) is 0 Å². The second-order valence-corrected chi connectivity index (χ2v) is 5.98. The second kappa shape index (κ2) is 9.27. The lowest BCUT2D eigenvalue weighted by molar-refractivity contribution is -0.134. The molecule has 1 aliphatic heterocycles. The van der Waals surface area contributed by atoms with Gasteiger partial charge in [0.15, 0.2) is 0 Å². The van der Waals surface area contributed by atoms with E-state index in [0.29, 0.717) is 19.5 Å². The number of carbonyl (C=O) groups is 2. The minimum atomic E-state index is -0.147. The van der Waals surface area contributed by atoms with E-state index in [9.17, 15) is 9.59 Å². The van der Waals surface area contributed by atoms with Crippen molar-refractivity contribution in [1.29, 1.82) is 0 Å². The maximum Gasteiger partial charge on any atom is 0.239 e. The van der Waals surface area contributed by atoms with Gasteiger partial charge >= 0.3 is 0 Å². The highest BCUT2D eigenvalue weighted by atomic mass is 16.5. The minimum absolute atomic E-state index is 0.0754. The van der Waals surface area contributed by atoms with Crippen LogP contribution >= 0.6 is 0 Å². The highest BCUT2D eigenvalue weighted by Gasteiger charge is 2.18. The molecule has 1 N–H and O–H groups in total. The van der Waals surface area contributed by atoms with E-state index in [1.165, 1.54) is 6.92 Å². The molecule has 0 bridgehead atoms. The first-order chi connectivity index (χ1) is 11.6. The molecular formula is C18H26N2O4. The van der Waals surface area contributed by atoms with Gasteiger partial charge in [0.05, 0.1) is 19.8 Å². The first-order valence-corrected chi connectivity index (χ1v) is 8.35. The van der Waals surface area contributed by atoms with Crippen LogP contribution in [-0.2, 0) is 20.7 Å². The molecule has 2 amide bonds. The average molecular weight is 334 g/mol. The average Bonchev–Trinajstić information content (AvgIpc) is 3.10. The summed E-state index contributed by atoms with van der Waals surface area (Å²) in [5.74, 6) is 0.535. The van der Waals surface area contributed by atoms with Gasteiger partial charge in [0.1, 0.15) is 5.75 Å². The summed E-state index contributed by atoms with van der Waals surface area (Å²) in [5.41, 5.74) is 1.07. The highest BCUT2D eigenvalue weighted by molar-refractivity contribution is 5.83. The van der Waals surface area contributed by atoms with E-state index in [4.69, 9.17) is 9.47 Å². The lowest BCUT2D eigenvalue weighted by Gasteiger charge is -2.21. The lowest BCUT2D eigenvalue weighted by atomic mass is 10.1. The van der Waals surface area contributed by atoms with Crippen LogP contribution in [-0.4, -0.2) is 56.2 Å². The zero-order valence-electron chi connectivity index (χ0n) is 14.4. The first-order valence-electron chi connectivity index (χ1n) is 8.35. The number of benzene rings is 1. The summed E-state index contributed by atoms with van der Waals surface area (Å²) < 4.78 is 10.7. The van der Waals surface area contributed by atoms with E-state index in [-0.39, 0.29) is 24.5 Å². The lowest BCUT2D eigenvalue weighted by Crippen LogP contribution is -2.42. The van der Waals surface area contributed by atoms with Crippen molar-refractivity contribution < 1.29 is 19.1 Å². The molecule has 6 nitrogen and oxygen atoms in total. The van der Waals surface area contributed by atoms with Crippen LogP contribution in [0, 0.1) is 0 Å². The second-order valence-electron chi connectivity index (χ2n) is 5.98. The molecule has 6 heteroatoms. The Hall–Kier alpha value is -2.08. The molecule has 1 heterocycles. The Morgan fingerprint density at radius 3 is 2.92 bits per heavy atom. The third-order valence-corrected chi connectivity index (χ3v) is 4.14. The quantitative estimate of drug-likeness (QED) is 0.780. The molecule has 2 rings (SSSR count). The van der Waals surface area contributed by atoms with Crippen molar-refractivity contribution in [2.45, 2.75) is 32.3 Å². The normalized spacial score (nSPS) is 16.7. The van der Waals surface area contributed by atoms with Crippen molar-refractivity contribution in [3.8, 4) is 5.75 Å². The summed E-state index contributed by atoms with van der Waals surface area (Å²) in [4.78, 5) is 25.4. The topological polar surface area (TPSA) is 67.9 Å². The summed E-state index contributed by atoms with van der Waals surface area (Å²) in [5, 5.41) is 2.85. The maximum atomic E-state index is 12.0. The number of methoxy groups -OCH3 is 1. The molecule has 0 aliphatic carbocycles. The summed E-state index contributed by atoms with van der Waals surface area (Å²) in [6, 6.07) is 7.72. The van der Waals surface area contributed by atoms with Crippen molar-refractivity contribution in [1.82, 2.24) is 10.2 Å². The van der Waals surface area contributed by atoms with Gasteiger partial charge in [-0.3, -0.25) is 9.59 Å². The Balaban J connectivity index is 1.79. The van der Waals surface area contributed by atoms with Gasteiger partial charge < -0.3 is 19.7 Å². The molecule has 1 unspecified atom stereocenters. The zero-order valence-corrected chi connectivity index (χ0v) is 14.4. The fraction of sp³-hybridized carbons (Fsp3) is 0.556. The predicted octanol–water partition coefficient (Wildman–Crippen LogP) is 1.38. The van der Waals surface area contributed by atoms with Crippen LogP contribution in [0.5, 0.6) is 5.75 Å². The van der Waals surface area contributed by atoms with Crippen LogP contribution in [0.25, 0.3) is 0 Å². The molecular weight excluding hydrogens is 308 g/mol. The predicted molar refractivity (Wildman–Crippen MR) is 90.9 cm³/mol. The molecule has 24 heavy (non-hydrogen) atoms. The van der Waals surface area contributed by atoms with Crippen LogP contribution in [0.3, 0.4) is 0 Å². The summed E-state index contributed by atoms with van der Waals surface area (Å²) >= 11 is 0. The molecule has 1 aliphatic rings. The monoisotopic (exact) mass is 334 g/mol. The van der Waals surface area contributed by atoms with Gasteiger partial charge in [0, 0.05) is 26.6 Å². The van der Waals surface area contributed by atoms with Gasteiger partial charge in [-0.2, -0.15) is 0 Å². The number of nitrogens with zero attached hydrogens (tertiary/aromatic N) is 1. The Labute approximate surface area is 143 Å². The minimum Gasteiger partial charge on any atom is -0.497 e. The van der Waals surface area contributed by atoms with Crippen LogP contribution < -0.4 is 10.1 Å². The molecule has 1 atom stereocenters. The van der Waals surface area contributed by atoms with Crippen LogP contribution in [0.1, 0.15) is 25.3 Å². The summed E-state index contributed by atoms with van der Waals surface area (Å²) in [6.45, 7) is 3.34. The zero-order chi connectivity index (χ0) is 17.4. The van der Waals surface area contributed by atoms with E-state index in [2.05, 4.69) is 5.32 Å². The molecule has 0 aromatic heterocycles. The fourth-order valence-electron chi connectivity index (χ4n) is 2.70. The van der Waals surface area contributed by atoms with Crippen molar-refractivity contribution >= 4 is 11.8 Å². The van der Waals surface area contributed by atoms with Gasteiger partial charge in [-0.1, -0.05) is 12.1 Å². The molecule has 132 valence electrons. The third kappa shape index (κ3) is 5.85. The largest absolute Gasteiger partial charge is 0.497 e. The van der Waals surface area contributed by atoms with Gasteiger partial charge in [0.25, 0.3) is 0 Å². The fourth-order valence-corrected chi connectivity index (χ4v) is 2.70. The van der Waals surface area contributed by atoms with Crippen LogP contribution in [0.4, 0.5) is 0 Å². The molecule has 0 spiro atoms. The van der Waals surface area contributed by atoms with Crippen molar-refractivity contribution in [3.63, 3.8) is 0 Å². The van der Waals surface area contributed by atoms with Crippen LogP contribution in [0.2, 0.25) is 0 Å². The first kappa shape index (κ1) is 18.3. The smallest absolute Gasteiger partial charge is 0.239 e. The molecule has 1 aromatic carbocycles. The highest BCUT2D eigenvalue weighted by Crippen LogP contribution is 2.13. The van der Waals surface area contributed by atoms with Gasteiger partial charge in [-0.05, 0) is 37.0 Å². The van der Waals surface area contributed by atoms with E-state index < -0.39 is 0 Å². The molecule has 1 aromatic rings. The standard InChI is InChI=1S/C18H26N2O4/c1-14(21)20(9-8-15-5-3-6-16(11-15)23-2)13-18(22)19-12-17-7-4-10-24-17/h3,5-6,11,17H,4,7-10,12-13H2,1-2H3,(H,19,22). The van der Waals surface area contributed by atoms with E-state index >= 15 is 0 Å². The van der Waals surface area contributed by atoms with Crippen molar-refractivity contribution in [2.75, 3.05) is 33.4 Å². The number of amides is 2. The molecule has 0 radical (unpaired) electrons. The van der Waals surface area contributed by atoms with Gasteiger partial charge in [0.2, 0.25) is 11.8 Å². The molecule has 1 fully saturated rings. The number of hydrogen-bond acceptors (Lipinski definition) is 4. The summed E-state index contributed by atoms with van der Waals surface area (Å²) in [6.07, 6.45) is 2.81. The Morgan fingerprint density at radius 2 is 2.25 bits per heavy atom. The molecule has 1 saturated heterocycles. The Bertz CT molecular complexity index is 556. The number of ether oxygens (including phenoxy) is 2. The number of rotatable bonds is 8. The number of carbonyl (C=O) groups excluding carboxylic acids is 2. The number of nitrogens with one attached hydrogen (secondary N) is 1. The van der Waals surface area contributed by atoms with E-state index in [1.807, 2.05) is 24.3 Å². The third-order valence-electron chi connectivity index (χ3n) is 4.14. The summed E-state index contributed by atoms with van der Waals surface area (Å²) in [7, 11) is 1.62. The molecule has 0 saturated carbocycles.